The van der Waals surface area contributed by atoms with Crippen molar-refractivity contribution in [2.45, 2.75) is 0 Å². The summed E-state index contributed by atoms with van der Waals surface area (Å²) in [6.07, 6.45) is 0.895. The lowest BCUT2D eigenvalue weighted by molar-refractivity contribution is 0.0925. The molecule has 0 amide bonds. The number of carbonyl (C=O) groups is 1. The Kier molecular flexibility index (Phi) is 4.03. The van der Waals surface area contributed by atoms with Crippen molar-refractivity contribution in [2.24, 2.45) is 0 Å². The number of benzene rings is 1. The molecule has 0 fully saturated rings. The van der Waals surface area contributed by atoms with Gasteiger partial charge in [0.1, 0.15) is 12.4 Å². The molecule has 0 aliphatic carbocycles. The van der Waals surface area contributed by atoms with E-state index in [0.717, 1.165) is 6.26 Å². The number of rotatable bonds is 5. The first kappa shape index (κ1) is 12.7. The number of ether oxygens (including phenoxy) is 1. The monoisotopic (exact) mass is 244 g/mol. The molecule has 1 aromatic carbocycles. The maximum absolute atomic E-state index is 11.5. The summed E-state index contributed by atoms with van der Waals surface area (Å²) >= 11 is 0. The molecular weight excluding hydrogens is 232 g/mol. The van der Waals surface area contributed by atoms with Crippen LogP contribution >= 0.6 is 0 Å². The van der Waals surface area contributed by atoms with Crippen LogP contribution in [0.3, 0.4) is 0 Å². The smallest absolute Gasteiger partial charge is 0.264 e. The molecule has 5 nitrogen and oxygen atoms in total. The number of hydrogen-bond donors (Lipinski definition) is 0. The fraction of sp³-hybridized carbons (Fsp3) is 0.300. The van der Waals surface area contributed by atoms with E-state index in [0.29, 0.717) is 11.3 Å². The standard InChI is InChI=1S/C10H12O5S/c1-14-9-5-3-4-8(6-9)10(11)7-15-16(2,12)13/h3-6H,7H2,1-2H3. The number of carbonyl (C=O) groups excluding carboxylic acids is 1. The van der Waals surface area contributed by atoms with Crippen molar-refractivity contribution in [3.05, 3.63) is 29.8 Å². The predicted molar refractivity (Wildman–Crippen MR) is 58.1 cm³/mol. The van der Waals surface area contributed by atoms with Gasteiger partial charge in [-0.3, -0.25) is 8.98 Å². The molecule has 0 N–H and O–H groups in total. The van der Waals surface area contributed by atoms with Gasteiger partial charge in [-0.05, 0) is 12.1 Å². The van der Waals surface area contributed by atoms with E-state index in [1.807, 2.05) is 0 Å². The Bertz CT molecular complexity index is 478. The largest absolute Gasteiger partial charge is 0.497 e. The third-order valence-electron chi connectivity index (χ3n) is 1.80. The van der Waals surface area contributed by atoms with Crippen LogP contribution in [0.2, 0.25) is 0 Å². The van der Waals surface area contributed by atoms with Gasteiger partial charge in [0, 0.05) is 5.56 Å². The van der Waals surface area contributed by atoms with E-state index < -0.39 is 22.5 Å². The molecule has 6 heteroatoms. The molecular formula is C10H12O5S. The normalized spacial score (nSPS) is 11.1. The van der Waals surface area contributed by atoms with Crippen LogP contribution in [0.5, 0.6) is 5.75 Å². The molecule has 16 heavy (non-hydrogen) atoms. The zero-order valence-electron chi connectivity index (χ0n) is 8.97. The van der Waals surface area contributed by atoms with Crippen molar-refractivity contribution in [1.82, 2.24) is 0 Å². The number of Topliss-reactive ketones (excluding diaryl/α,β-unsaturated/α-hetero) is 1. The van der Waals surface area contributed by atoms with Gasteiger partial charge < -0.3 is 4.74 Å². The molecule has 0 aliphatic heterocycles. The molecule has 0 saturated carbocycles. The first-order chi connectivity index (χ1) is 7.42. The average molecular weight is 244 g/mol. The van der Waals surface area contributed by atoms with Crippen molar-refractivity contribution < 1.29 is 22.1 Å². The third kappa shape index (κ3) is 4.00. The van der Waals surface area contributed by atoms with Gasteiger partial charge in [0.05, 0.1) is 13.4 Å². The van der Waals surface area contributed by atoms with Crippen LogP contribution < -0.4 is 4.74 Å². The molecule has 0 unspecified atom stereocenters. The number of hydrogen-bond acceptors (Lipinski definition) is 5. The maximum atomic E-state index is 11.5. The molecule has 0 radical (unpaired) electrons. The summed E-state index contributed by atoms with van der Waals surface area (Å²) < 4.78 is 30.7. The highest BCUT2D eigenvalue weighted by Crippen LogP contribution is 2.13. The third-order valence-corrected chi connectivity index (χ3v) is 2.34. The Morgan fingerprint density at radius 2 is 2.06 bits per heavy atom. The SMILES string of the molecule is COc1cccc(C(=O)COS(C)(=O)=O)c1. The molecule has 0 atom stereocenters. The minimum atomic E-state index is -3.59. The quantitative estimate of drug-likeness (QED) is 0.567. The Morgan fingerprint density at radius 3 is 2.62 bits per heavy atom. The maximum Gasteiger partial charge on any atom is 0.264 e. The topological polar surface area (TPSA) is 69.7 Å². The van der Waals surface area contributed by atoms with Gasteiger partial charge in [-0.1, -0.05) is 12.1 Å². The lowest BCUT2D eigenvalue weighted by Gasteiger charge is -2.03. The van der Waals surface area contributed by atoms with E-state index >= 15 is 0 Å². The highest BCUT2D eigenvalue weighted by atomic mass is 32.2. The summed E-state index contributed by atoms with van der Waals surface area (Å²) in [5.74, 6) is 0.120. The molecule has 0 aliphatic rings. The highest BCUT2D eigenvalue weighted by Gasteiger charge is 2.10. The van der Waals surface area contributed by atoms with Crippen LogP contribution in [-0.2, 0) is 14.3 Å². The summed E-state index contributed by atoms with van der Waals surface area (Å²) in [5, 5.41) is 0. The van der Waals surface area contributed by atoms with E-state index in [4.69, 9.17) is 4.74 Å². The van der Waals surface area contributed by atoms with Crippen molar-refractivity contribution in [3.8, 4) is 5.75 Å². The van der Waals surface area contributed by atoms with Crippen LogP contribution in [-0.4, -0.2) is 34.2 Å². The van der Waals surface area contributed by atoms with Crippen LogP contribution in [0.1, 0.15) is 10.4 Å². The van der Waals surface area contributed by atoms with Gasteiger partial charge in [0.25, 0.3) is 10.1 Å². The Morgan fingerprint density at radius 1 is 1.38 bits per heavy atom. The van der Waals surface area contributed by atoms with E-state index in [9.17, 15) is 13.2 Å². The summed E-state index contributed by atoms with van der Waals surface area (Å²) in [5.41, 5.74) is 0.350. The minimum Gasteiger partial charge on any atom is -0.497 e. The van der Waals surface area contributed by atoms with Gasteiger partial charge in [0.15, 0.2) is 5.78 Å². The molecule has 1 aromatic rings. The van der Waals surface area contributed by atoms with Gasteiger partial charge in [-0.15, -0.1) is 0 Å². The zero-order valence-corrected chi connectivity index (χ0v) is 9.78. The molecule has 0 aromatic heterocycles. The summed E-state index contributed by atoms with van der Waals surface area (Å²) in [6.45, 7) is -0.494. The second-order valence-corrected chi connectivity index (χ2v) is 4.77. The first-order valence-electron chi connectivity index (χ1n) is 4.44. The molecule has 0 heterocycles. The van der Waals surface area contributed by atoms with Crippen molar-refractivity contribution in [2.75, 3.05) is 20.0 Å². The van der Waals surface area contributed by atoms with Crippen LogP contribution in [0.15, 0.2) is 24.3 Å². The van der Waals surface area contributed by atoms with Crippen molar-refractivity contribution >= 4 is 15.9 Å². The van der Waals surface area contributed by atoms with Gasteiger partial charge in [-0.25, -0.2) is 0 Å². The minimum absolute atomic E-state index is 0.350. The van der Waals surface area contributed by atoms with Crippen molar-refractivity contribution in [3.63, 3.8) is 0 Å². The van der Waals surface area contributed by atoms with Crippen molar-refractivity contribution in [1.29, 1.82) is 0 Å². The van der Waals surface area contributed by atoms with Crippen LogP contribution in [0.4, 0.5) is 0 Å². The fourth-order valence-electron chi connectivity index (χ4n) is 1.04. The summed E-state index contributed by atoms with van der Waals surface area (Å²) in [7, 11) is -2.11. The second-order valence-electron chi connectivity index (χ2n) is 3.12. The Balaban J connectivity index is 2.73. The lowest BCUT2D eigenvalue weighted by atomic mass is 10.1. The van der Waals surface area contributed by atoms with E-state index in [1.165, 1.54) is 13.2 Å². The van der Waals surface area contributed by atoms with E-state index in [2.05, 4.69) is 4.18 Å². The predicted octanol–water partition coefficient (Wildman–Crippen LogP) is 0.854. The van der Waals surface area contributed by atoms with Crippen LogP contribution in [0, 0.1) is 0 Å². The van der Waals surface area contributed by atoms with E-state index in [-0.39, 0.29) is 0 Å². The fourth-order valence-corrected chi connectivity index (χ4v) is 1.36. The summed E-state index contributed by atoms with van der Waals surface area (Å²) in [4.78, 5) is 11.5. The number of methoxy groups -OCH3 is 1. The first-order valence-corrected chi connectivity index (χ1v) is 6.25. The highest BCUT2D eigenvalue weighted by molar-refractivity contribution is 7.86. The molecule has 0 bridgehead atoms. The number of ketones is 1. The average Bonchev–Trinajstić information content (AvgIpc) is 2.25. The summed E-state index contributed by atoms with van der Waals surface area (Å²) in [6, 6.07) is 6.42. The molecule has 0 spiro atoms. The van der Waals surface area contributed by atoms with Gasteiger partial charge >= 0.3 is 0 Å². The van der Waals surface area contributed by atoms with Gasteiger partial charge in [-0.2, -0.15) is 8.42 Å². The Hall–Kier alpha value is -1.40. The Labute approximate surface area is 94.1 Å². The zero-order chi connectivity index (χ0) is 12.2. The molecule has 88 valence electrons. The van der Waals surface area contributed by atoms with Crippen LogP contribution in [0.25, 0.3) is 0 Å². The molecule has 1 rings (SSSR count). The lowest BCUT2D eigenvalue weighted by Crippen LogP contribution is -2.13. The molecule has 0 saturated heterocycles. The second kappa shape index (κ2) is 5.09. The van der Waals surface area contributed by atoms with E-state index in [1.54, 1.807) is 18.2 Å². The van der Waals surface area contributed by atoms with Gasteiger partial charge in [0.2, 0.25) is 0 Å².